The molecule has 14 heavy (non-hydrogen) atoms. The van der Waals surface area contributed by atoms with Gasteiger partial charge in [0.05, 0.1) is 5.25 Å². The second-order valence-electron chi connectivity index (χ2n) is 3.31. The maximum absolute atomic E-state index is 5.84. The van der Waals surface area contributed by atoms with Gasteiger partial charge in [-0.1, -0.05) is 47.7 Å². The Labute approximate surface area is 98.2 Å². The van der Waals surface area contributed by atoms with Crippen LogP contribution in [0.5, 0.6) is 0 Å². The minimum Gasteiger partial charge on any atom is -0.367 e. The van der Waals surface area contributed by atoms with Crippen LogP contribution < -0.4 is 5.32 Å². The Kier molecular flexibility index (Phi) is 3.00. The Balaban J connectivity index is 2.23. The van der Waals surface area contributed by atoms with Crippen molar-refractivity contribution in [3.8, 4) is 0 Å². The van der Waals surface area contributed by atoms with E-state index in [2.05, 4.69) is 24.4 Å². The van der Waals surface area contributed by atoms with Gasteiger partial charge in [0.25, 0.3) is 0 Å². The Morgan fingerprint density at radius 1 is 1.36 bits per heavy atom. The highest BCUT2D eigenvalue weighted by atomic mass is 35.5. The van der Waals surface area contributed by atoms with Gasteiger partial charge in [-0.05, 0) is 24.6 Å². The Morgan fingerprint density at radius 2 is 2.00 bits per heavy atom. The molecule has 1 aromatic rings. The van der Waals surface area contributed by atoms with E-state index in [1.807, 2.05) is 12.1 Å². The maximum atomic E-state index is 5.84. The van der Waals surface area contributed by atoms with E-state index in [-0.39, 0.29) is 0 Å². The Bertz CT molecular complexity index is 350. The third-order valence-electron chi connectivity index (χ3n) is 2.23. The SMILES string of the molecule is C[C@@H]1NC(=S)S[C@@H]1c1ccc(Cl)cc1. The summed E-state index contributed by atoms with van der Waals surface area (Å²) >= 11 is 12.7. The molecule has 0 saturated carbocycles. The Hall–Kier alpha value is -0.250. The number of rotatable bonds is 1. The van der Waals surface area contributed by atoms with Gasteiger partial charge in [0.1, 0.15) is 4.32 Å². The zero-order valence-corrected chi connectivity index (χ0v) is 10.0. The van der Waals surface area contributed by atoms with Crippen molar-refractivity contribution in [3.63, 3.8) is 0 Å². The average molecular weight is 244 g/mol. The normalized spacial score (nSPS) is 26.3. The molecule has 0 unspecified atom stereocenters. The molecule has 0 aromatic heterocycles. The van der Waals surface area contributed by atoms with Crippen LogP contribution in [-0.4, -0.2) is 10.4 Å². The summed E-state index contributed by atoms with van der Waals surface area (Å²) in [5.74, 6) is 0. The monoisotopic (exact) mass is 243 g/mol. The van der Waals surface area contributed by atoms with Crippen LogP contribution in [0.2, 0.25) is 5.02 Å². The van der Waals surface area contributed by atoms with E-state index < -0.39 is 0 Å². The summed E-state index contributed by atoms with van der Waals surface area (Å²) in [6.07, 6.45) is 0. The van der Waals surface area contributed by atoms with Crippen molar-refractivity contribution in [1.82, 2.24) is 5.32 Å². The fourth-order valence-corrected chi connectivity index (χ4v) is 3.19. The molecular formula is C10H10ClNS2. The highest BCUT2D eigenvalue weighted by Gasteiger charge is 2.28. The van der Waals surface area contributed by atoms with E-state index in [4.69, 9.17) is 23.8 Å². The van der Waals surface area contributed by atoms with Gasteiger partial charge in [0, 0.05) is 11.1 Å². The van der Waals surface area contributed by atoms with Crippen LogP contribution in [0.15, 0.2) is 24.3 Å². The van der Waals surface area contributed by atoms with Gasteiger partial charge < -0.3 is 5.32 Å². The predicted molar refractivity (Wildman–Crippen MR) is 67.0 cm³/mol. The van der Waals surface area contributed by atoms with Crippen molar-refractivity contribution in [2.75, 3.05) is 0 Å². The number of benzene rings is 1. The first-order valence-electron chi connectivity index (χ1n) is 4.39. The van der Waals surface area contributed by atoms with E-state index in [9.17, 15) is 0 Å². The number of nitrogens with one attached hydrogen (secondary N) is 1. The molecule has 0 bridgehead atoms. The molecule has 1 nitrogen and oxygen atoms in total. The number of thioether (sulfide) groups is 1. The first-order valence-corrected chi connectivity index (χ1v) is 6.06. The number of halogens is 1. The third-order valence-corrected chi connectivity index (χ3v) is 4.16. The summed E-state index contributed by atoms with van der Waals surface area (Å²) in [6.45, 7) is 2.14. The van der Waals surface area contributed by atoms with Crippen LogP contribution in [-0.2, 0) is 0 Å². The topological polar surface area (TPSA) is 12.0 Å². The van der Waals surface area contributed by atoms with Gasteiger partial charge in [-0.2, -0.15) is 0 Å². The quantitative estimate of drug-likeness (QED) is 0.760. The highest BCUT2D eigenvalue weighted by Crippen LogP contribution is 2.37. The van der Waals surface area contributed by atoms with Crippen molar-refractivity contribution in [2.45, 2.75) is 18.2 Å². The smallest absolute Gasteiger partial charge is 0.134 e. The van der Waals surface area contributed by atoms with Crippen molar-refractivity contribution >= 4 is 39.9 Å². The molecule has 1 heterocycles. The Morgan fingerprint density at radius 3 is 2.50 bits per heavy atom. The van der Waals surface area contributed by atoms with Crippen LogP contribution in [0.1, 0.15) is 17.7 Å². The van der Waals surface area contributed by atoms with Crippen LogP contribution in [0, 0.1) is 0 Å². The molecule has 2 atom stereocenters. The molecule has 0 radical (unpaired) electrons. The number of thiocarbonyl (C=S) groups is 1. The molecule has 1 fully saturated rings. The third kappa shape index (κ3) is 2.05. The lowest BCUT2D eigenvalue weighted by atomic mass is 10.1. The maximum Gasteiger partial charge on any atom is 0.134 e. The van der Waals surface area contributed by atoms with Crippen molar-refractivity contribution in [1.29, 1.82) is 0 Å². The lowest BCUT2D eigenvalue weighted by Gasteiger charge is -2.13. The van der Waals surface area contributed by atoms with Gasteiger partial charge >= 0.3 is 0 Å². The van der Waals surface area contributed by atoms with Crippen molar-refractivity contribution in [2.24, 2.45) is 0 Å². The molecule has 4 heteroatoms. The highest BCUT2D eigenvalue weighted by molar-refractivity contribution is 8.23. The summed E-state index contributed by atoms with van der Waals surface area (Å²) in [6, 6.07) is 8.36. The fraction of sp³-hybridized carbons (Fsp3) is 0.300. The zero-order chi connectivity index (χ0) is 10.1. The van der Waals surface area contributed by atoms with Gasteiger partial charge in [0.2, 0.25) is 0 Å². The summed E-state index contributed by atoms with van der Waals surface area (Å²) < 4.78 is 0.887. The zero-order valence-electron chi connectivity index (χ0n) is 7.66. The second-order valence-corrected chi connectivity index (χ2v) is 5.57. The number of hydrogen-bond donors (Lipinski definition) is 1. The molecule has 1 saturated heterocycles. The average Bonchev–Trinajstić information content (AvgIpc) is 2.47. The first-order chi connectivity index (χ1) is 6.66. The van der Waals surface area contributed by atoms with E-state index in [1.165, 1.54) is 5.56 Å². The minimum atomic E-state index is 0.397. The van der Waals surface area contributed by atoms with Crippen LogP contribution in [0.3, 0.4) is 0 Å². The summed E-state index contributed by atoms with van der Waals surface area (Å²) in [5.41, 5.74) is 1.28. The first kappa shape index (κ1) is 10.3. The molecule has 2 rings (SSSR count). The van der Waals surface area contributed by atoms with Crippen molar-refractivity contribution < 1.29 is 0 Å². The fourth-order valence-electron chi connectivity index (χ4n) is 1.52. The molecule has 1 N–H and O–H groups in total. The van der Waals surface area contributed by atoms with Gasteiger partial charge in [-0.15, -0.1) is 0 Å². The van der Waals surface area contributed by atoms with Crippen LogP contribution in [0.25, 0.3) is 0 Å². The van der Waals surface area contributed by atoms with Gasteiger partial charge in [-0.3, -0.25) is 0 Å². The van der Waals surface area contributed by atoms with E-state index in [1.54, 1.807) is 11.8 Å². The number of hydrogen-bond acceptors (Lipinski definition) is 2. The van der Waals surface area contributed by atoms with Crippen molar-refractivity contribution in [3.05, 3.63) is 34.9 Å². The van der Waals surface area contributed by atoms with Gasteiger partial charge in [-0.25, -0.2) is 0 Å². The lowest BCUT2D eigenvalue weighted by molar-refractivity contribution is 0.674. The molecular weight excluding hydrogens is 234 g/mol. The molecule has 1 aromatic carbocycles. The van der Waals surface area contributed by atoms with Crippen LogP contribution in [0.4, 0.5) is 0 Å². The molecule has 1 aliphatic heterocycles. The summed E-state index contributed by atoms with van der Waals surface area (Å²) in [5, 5.41) is 4.44. The van der Waals surface area contributed by atoms with Gasteiger partial charge in [0.15, 0.2) is 0 Å². The van der Waals surface area contributed by atoms with E-state index >= 15 is 0 Å². The summed E-state index contributed by atoms with van der Waals surface area (Å²) in [7, 11) is 0. The minimum absolute atomic E-state index is 0.397. The largest absolute Gasteiger partial charge is 0.367 e. The molecule has 0 spiro atoms. The molecule has 1 aliphatic rings. The summed E-state index contributed by atoms with van der Waals surface area (Å²) in [4.78, 5) is 0. The van der Waals surface area contributed by atoms with Crippen LogP contribution >= 0.6 is 35.6 Å². The standard InChI is InChI=1S/C10H10ClNS2/c1-6-9(14-10(13)12-6)7-2-4-8(11)5-3-7/h2-6,9H,1H3,(H,12,13)/t6-,9-/m0/s1. The van der Waals surface area contributed by atoms with E-state index in [0.717, 1.165) is 9.34 Å². The molecule has 0 aliphatic carbocycles. The predicted octanol–water partition coefficient (Wildman–Crippen LogP) is 3.39. The van der Waals surface area contributed by atoms with E-state index in [0.29, 0.717) is 11.3 Å². The second kappa shape index (κ2) is 4.09. The molecule has 0 amide bonds. The lowest BCUT2D eigenvalue weighted by Crippen LogP contribution is -2.23. The molecule has 74 valence electrons.